The molecule has 0 bridgehead atoms. The van der Waals surface area contributed by atoms with Gasteiger partial charge in [-0.15, -0.1) is 0 Å². The number of hydrogen-bond donors (Lipinski definition) is 1. The Morgan fingerprint density at radius 3 is 2.62 bits per heavy atom. The lowest BCUT2D eigenvalue weighted by Gasteiger charge is -2.57. The van der Waals surface area contributed by atoms with Crippen molar-refractivity contribution in [3.63, 3.8) is 0 Å². The Morgan fingerprint density at radius 2 is 1.86 bits per heavy atom. The van der Waals surface area contributed by atoms with Crippen LogP contribution in [0.15, 0.2) is 18.5 Å². The maximum atomic E-state index is 13.5. The van der Waals surface area contributed by atoms with Crippen LogP contribution in [-0.2, 0) is 4.79 Å². The van der Waals surface area contributed by atoms with E-state index < -0.39 is 5.60 Å². The fraction of sp³-hybridized carbons (Fsp3) is 0.840. The van der Waals surface area contributed by atoms with Gasteiger partial charge in [-0.1, -0.05) is 6.92 Å². The molecule has 29 heavy (non-hydrogen) atoms. The molecule has 0 radical (unpaired) electrons. The minimum atomic E-state index is -0.440. The fourth-order valence-corrected chi connectivity index (χ4v) is 8.48. The third-order valence-electron chi connectivity index (χ3n) is 9.91. The molecule has 4 fully saturated rings. The Hall–Kier alpha value is -1.16. The molecule has 0 spiro atoms. The fourth-order valence-electron chi connectivity index (χ4n) is 8.48. The van der Waals surface area contributed by atoms with Crippen molar-refractivity contribution in [1.82, 2.24) is 9.78 Å². The van der Waals surface area contributed by atoms with Gasteiger partial charge in [0.2, 0.25) is 0 Å². The van der Waals surface area contributed by atoms with Crippen molar-refractivity contribution in [3.8, 4) is 0 Å². The lowest BCUT2D eigenvalue weighted by Crippen LogP contribution is -2.51. The second kappa shape index (κ2) is 6.93. The summed E-state index contributed by atoms with van der Waals surface area (Å²) in [6, 6.07) is 1.76. The predicted octanol–water partition coefficient (Wildman–Crippen LogP) is 5.03. The van der Waals surface area contributed by atoms with Crippen molar-refractivity contribution in [2.24, 2.45) is 40.9 Å². The zero-order valence-corrected chi connectivity index (χ0v) is 18.4. The molecule has 4 aliphatic carbocycles. The largest absolute Gasteiger partial charge is 0.390 e. The van der Waals surface area contributed by atoms with E-state index in [2.05, 4.69) is 12.0 Å². The summed E-state index contributed by atoms with van der Waals surface area (Å²) in [7, 11) is 0. The summed E-state index contributed by atoms with van der Waals surface area (Å²) >= 11 is 0. The quantitative estimate of drug-likeness (QED) is 0.777. The number of aliphatic hydroxyl groups is 1. The Bertz CT molecular complexity index is 757. The second-order valence-electron chi connectivity index (χ2n) is 11.4. The number of carbonyl (C=O) groups is 1. The van der Waals surface area contributed by atoms with E-state index in [4.69, 9.17) is 0 Å². The Morgan fingerprint density at radius 1 is 1.07 bits per heavy atom. The number of fused-ring (bicyclic) bond motifs is 5. The highest BCUT2D eigenvalue weighted by Crippen LogP contribution is 2.65. The van der Waals surface area contributed by atoms with E-state index in [0.29, 0.717) is 11.7 Å². The summed E-state index contributed by atoms with van der Waals surface area (Å²) in [4.78, 5) is 13.5. The second-order valence-corrected chi connectivity index (χ2v) is 11.4. The Labute approximate surface area is 175 Å². The van der Waals surface area contributed by atoms with Crippen molar-refractivity contribution in [1.29, 1.82) is 0 Å². The van der Waals surface area contributed by atoms with Crippen molar-refractivity contribution in [3.05, 3.63) is 18.5 Å². The van der Waals surface area contributed by atoms with E-state index in [1.165, 1.54) is 38.5 Å². The zero-order valence-electron chi connectivity index (χ0n) is 18.4. The van der Waals surface area contributed by atoms with Gasteiger partial charge in [0, 0.05) is 18.3 Å². The normalized spacial score (nSPS) is 47.7. The highest BCUT2D eigenvalue weighted by Gasteiger charge is 2.59. The van der Waals surface area contributed by atoms with Crippen LogP contribution in [0, 0.1) is 40.9 Å². The maximum Gasteiger partial charge on any atom is 0.160 e. The monoisotopic (exact) mass is 398 g/mol. The van der Waals surface area contributed by atoms with Crippen LogP contribution in [0.3, 0.4) is 0 Å². The first-order chi connectivity index (χ1) is 13.8. The van der Waals surface area contributed by atoms with E-state index in [0.717, 1.165) is 42.9 Å². The molecule has 0 saturated heterocycles. The SMILES string of the molecule is C[C@@H](C(=O)[C@H]1CC[C@H]2[C@@H]3CC[C@@H]4C[C@](C)(O)CC[C@@H]4[C@H]3CC[C@]12C)n1cccn1. The van der Waals surface area contributed by atoms with E-state index in [9.17, 15) is 9.90 Å². The maximum absolute atomic E-state index is 13.5. The molecule has 160 valence electrons. The molecule has 5 rings (SSSR count). The first kappa shape index (κ1) is 19.8. The molecule has 1 N–H and O–H groups in total. The number of Topliss-reactive ketones (excluding diaryl/α,β-unsaturated/α-hetero) is 1. The van der Waals surface area contributed by atoms with E-state index >= 15 is 0 Å². The summed E-state index contributed by atoms with van der Waals surface area (Å²) in [6.07, 6.45) is 14.3. The Balaban J connectivity index is 1.34. The lowest BCUT2D eigenvalue weighted by molar-refractivity contribution is -0.135. The van der Waals surface area contributed by atoms with Crippen molar-refractivity contribution in [2.75, 3.05) is 0 Å². The summed E-state index contributed by atoms with van der Waals surface area (Å²) in [5, 5.41) is 14.9. The molecule has 1 heterocycles. The van der Waals surface area contributed by atoms with Crippen LogP contribution in [0.5, 0.6) is 0 Å². The minimum absolute atomic E-state index is 0.153. The van der Waals surface area contributed by atoms with E-state index in [1.807, 2.05) is 30.8 Å². The van der Waals surface area contributed by atoms with Gasteiger partial charge < -0.3 is 5.11 Å². The average molecular weight is 399 g/mol. The number of rotatable bonds is 3. The summed E-state index contributed by atoms with van der Waals surface area (Å²) in [5.41, 5.74) is -0.267. The van der Waals surface area contributed by atoms with E-state index in [1.54, 1.807) is 6.20 Å². The minimum Gasteiger partial charge on any atom is -0.390 e. The van der Waals surface area contributed by atoms with Gasteiger partial charge in [0.1, 0.15) is 6.04 Å². The van der Waals surface area contributed by atoms with Crippen LogP contribution in [0.4, 0.5) is 0 Å². The molecule has 1 aromatic heterocycles. The lowest BCUT2D eigenvalue weighted by atomic mass is 9.49. The molecule has 0 amide bonds. The number of aromatic nitrogens is 2. The van der Waals surface area contributed by atoms with Crippen molar-refractivity contribution < 1.29 is 9.90 Å². The molecule has 4 saturated carbocycles. The molecule has 1 aromatic rings. The van der Waals surface area contributed by atoms with Gasteiger partial charge in [0.25, 0.3) is 0 Å². The van der Waals surface area contributed by atoms with Crippen LogP contribution in [-0.4, -0.2) is 26.3 Å². The number of carbonyl (C=O) groups excluding carboxylic acids is 1. The zero-order chi connectivity index (χ0) is 20.4. The molecule has 4 aliphatic rings. The van der Waals surface area contributed by atoms with Gasteiger partial charge in [-0.3, -0.25) is 9.48 Å². The standard InChI is InChI=1S/C25H38N2O2/c1-16(27-14-4-13-26-27)23(28)22-8-7-21-20-6-5-17-15-24(2,29)11-9-18(17)19(20)10-12-25(21,22)3/h4,13-14,16-22,29H,5-12,15H2,1-3H3/t16-,17+,18-,19+,20+,21-,22+,24+,25-/m0/s1. The Kier molecular flexibility index (Phi) is 4.73. The van der Waals surface area contributed by atoms with Crippen LogP contribution in [0.2, 0.25) is 0 Å². The third kappa shape index (κ3) is 3.12. The molecule has 0 aromatic carbocycles. The molecule has 9 atom stereocenters. The average Bonchev–Trinajstić information content (AvgIpc) is 3.33. The van der Waals surface area contributed by atoms with Crippen molar-refractivity contribution in [2.45, 2.75) is 90.2 Å². The molecule has 4 nitrogen and oxygen atoms in total. The van der Waals surface area contributed by atoms with Gasteiger partial charge in [0.15, 0.2) is 5.78 Å². The number of hydrogen-bond acceptors (Lipinski definition) is 3. The molecule has 0 unspecified atom stereocenters. The molecule has 0 aliphatic heterocycles. The third-order valence-corrected chi connectivity index (χ3v) is 9.91. The first-order valence-corrected chi connectivity index (χ1v) is 12.1. The van der Waals surface area contributed by atoms with Crippen LogP contribution in [0.1, 0.15) is 84.6 Å². The summed E-state index contributed by atoms with van der Waals surface area (Å²) < 4.78 is 1.84. The van der Waals surface area contributed by atoms with Crippen LogP contribution >= 0.6 is 0 Å². The smallest absolute Gasteiger partial charge is 0.160 e. The number of ketones is 1. The van der Waals surface area contributed by atoms with Gasteiger partial charge >= 0.3 is 0 Å². The van der Waals surface area contributed by atoms with Gasteiger partial charge in [0.05, 0.1) is 5.60 Å². The molecular weight excluding hydrogens is 360 g/mol. The van der Waals surface area contributed by atoms with Gasteiger partial charge in [-0.2, -0.15) is 5.10 Å². The van der Waals surface area contributed by atoms with Crippen LogP contribution in [0.25, 0.3) is 0 Å². The highest BCUT2D eigenvalue weighted by molar-refractivity contribution is 5.85. The topological polar surface area (TPSA) is 55.1 Å². The predicted molar refractivity (Wildman–Crippen MR) is 113 cm³/mol. The summed E-state index contributed by atoms with van der Waals surface area (Å²) in [6.45, 7) is 6.51. The summed E-state index contributed by atoms with van der Waals surface area (Å²) in [5.74, 6) is 4.48. The van der Waals surface area contributed by atoms with Gasteiger partial charge in [-0.25, -0.2) is 0 Å². The van der Waals surface area contributed by atoms with Crippen molar-refractivity contribution >= 4 is 5.78 Å². The highest BCUT2D eigenvalue weighted by atomic mass is 16.3. The molecule has 4 heteroatoms. The number of nitrogens with zero attached hydrogens (tertiary/aromatic N) is 2. The molecular formula is C25H38N2O2. The first-order valence-electron chi connectivity index (χ1n) is 12.1. The van der Waals surface area contributed by atoms with Crippen LogP contribution < -0.4 is 0 Å². The van der Waals surface area contributed by atoms with Gasteiger partial charge in [-0.05, 0) is 113 Å². The van der Waals surface area contributed by atoms with E-state index in [-0.39, 0.29) is 17.4 Å².